The third-order valence-electron chi connectivity index (χ3n) is 5.00. The predicted molar refractivity (Wildman–Crippen MR) is 117 cm³/mol. The van der Waals surface area contributed by atoms with Crippen molar-refractivity contribution in [1.82, 2.24) is 9.80 Å². The molecule has 8 heteroatoms. The second-order valence-electron chi connectivity index (χ2n) is 7.05. The van der Waals surface area contributed by atoms with Crippen LogP contribution in [0.3, 0.4) is 0 Å². The van der Waals surface area contributed by atoms with Gasteiger partial charge in [-0.15, -0.1) is 0 Å². The van der Waals surface area contributed by atoms with Crippen molar-refractivity contribution in [2.45, 2.75) is 6.42 Å². The zero-order chi connectivity index (χ0) is 21.5. The number of carbonyl (C=O) groups is 2. The van der Waals surface area contributed by atoms with Crippen molar-refractivity contribution >= 4 is 29.1 Å². The molecule has 1 saturated heterocycles. The number of methoxy groups -OCH3 is 2. The van der Waals surface area contributed by atoms with Crippen LogP contribution in [0.5, 0.6) is 11.5 Å². The summed E-state index contributed by atoms with van der Waals surface area (Å²) in [6.45, 7) is 2.80. The molecule has 0 aromatic heterocycles. The molecule has 7 nitrogen and oxygen atoms in total. The molecule has 30 heavy (non-hydrogen) atoms. The van der Waals surface area contributed by atoms with E-state index in [-0.39, 0.29) is 18.4 Å². The Morgan fingerprint density at radius 2 is 1.87 bits per heavy atom. The lowest BCUT2D eigenvalue weighted by molar-refractivity contribution is -0.117. The maximum absolute atomic E-state index is 12.7. The molecule has 0 saturated carbocycles. The quantitative estimate of drug-likeness (QED) is 0.760. The highest BCUT2D eigenvalue weighted by atomic mass is 35.5. The number of halogens is 1. The van der Waals surface area contributed by atoms with Crippen LogP contribution >= 0.6 is 11.6 Å². The lowest BCUT2D eigenvalue weighted by Gasteiger charge is -2.22. The summed E-state index contributed by atoms with van der Waals surface area (Å²) in [4.78, 5) is 29.2. The number of amides is 2. The van der Waals surface area contributed by atoms with Crippen LogP contribution in [0.15, 0.2) is 42.5 Å². The van der Waals surface area contributed by atoms with Gasteiger partial charge in [0.1, 0.15) is 11.5 Å². The van der Waals surface area contributed by atoms with E-state index in [0.29, 0.717) is 47.4 Å². The normalized spacial score (nSPS) is 14.7. The molecule has 0 aliphatic carbocycles. The first kappa shape index (κ1) is 21.9. The Labute approximate surface area is 181 Å². The smallest absolute Gasteiger partial charge is 0.253 e. The van der Waals surface area contributed by atoms with Crippen molar-refractivity contribution < 1.29 is 19.1 Å². The number of carbonyl (C=O) groups excluding carboxylic acids is 2. The van der Waals surface area contributed by atoms with Crippen LogP contribution < -0.4 is 14.8 Å². The Morgan fingerprint density at radius 3 is 2.60 bits per heavy atom. The van der Waals surface area contributed by atoms with Gasteiger partial charge in [0, 0.05) is 42.8 Å². The van der Waals surface area contributed by atoms with Gasteiger partial charge in [0.05, 0.1) is 26.5 Å². The van der Waals surface area contributed by atoms with Crippen LogP contribution in [0.4, 0.5) is 5.69 Å². The average Bonchev–Trinajstić information content (AvgIpc) is 2.98. The Balaban J connectivity index is 1.57. The van der Waals surface area contributed by atoms with Crippen LogP contribution in [-0.4, -0.2) is 68.6 Å². The van der Waals surface area contributed by atoms with Crippen LogP contribution in [0.1, 0.15) is 16.8 Å². The minimum absolute atomic E-state index is 0.0371. The van der Waals surface area contributed by atoms with Gasteiger partial charge in [-0.3, -0.25) is 14.5 Å². The monoisotopic (exact) mass is 431 g/mol. The summed E-state index contributed by atoms with van der Waals surface area (Å²) in [5.41, 5.74) is 1.15. The number of benzene rings is 2. The first-order valence-corrected chi connectivity index (χ1v) is 10.2. The highest BCUT2D eigenvalue weighted by molar-refractivity contribution is 6.30. The maximum atomic E-state index is 12.7. The molecule has 3 rings (SSSR count). The summed E-state index contributed by atoms with van der Waals surface area (Å²) >= 11 is 6.01. The van der Waals surface area contributed by atoms with Crippen LogP contribution in [0.25, 0.3) is 0 Å². The second-order valence-corrected chi connectivity index (χ2v) is 7.48. The van der Waals surface area contributed by atoms with E-state index in [4.69, 9.17) is 21.1 Å². The van der Waals surface area contributed by atoms with E-state index in [0.717, 1.165) is 13.0 Å². The first-order valence-electron chi connectivity index (χ1n) is 9.79. The summed E-state index contributed by atoms with van der Waals surface area (Å²) in [6, 6.07) is 12.2. The fourth-order valence-electron chi connectivity index (χ4n) is 3.44. The minimum atomic E-state index is -0.142. The number of nitrogens with zero attached hydrogens (tertiary/aromatic N) is 2. The molecule has 1 fully saturated rings. The fraction of sp³-hybridized carbons (Fsp3) is 0.364. The number of nitrogens with one attached hydrogen (secondary N) is 1. The average molecular weight is 432 g/mol. The molecule has 1 aliphatic heterocycles. The van der Waals surface area contributed by atoms with Crippen LogP contribution in [-0.2, 0) is 4.79 Å². The first-order chi connectivity index (χ1) is 14.5. The van der Waals surface area contributed by atoms with Gasteiger partial charge in [-0.25, -0.2) is 0 Å². The number of rotatable bonds is 6. The molecule has 1 aliphatic rings. The zero-order valence-corrected chi connectivity index (χ0v) is 17.9. The van der Waals surface area contributed by atoms with Crippen molar-refractivity contribution in [3.63, 3.8) is 0 Å². The van der Waals surface area contributed by atoms with Crippen LogP contribution in [0.2, 0.25) is 5.02 Å². The van der Waals surface area contributed by atoms with E-state index in [1.54, 1.807) is 56.7 Å². The maximum Gasteiger partial charge on any atom is 0.253 e. The molecular weight excluding hydrogens is 406 g/mol. The molecule has 0 radical (unpaired) electrons. The second kappa shape index (κ2) is 10.3. The van der Waals surface area contributed by atoms with Crippen molar-refractivity contribution in [3.05, 3.63) is 53.1 Å². The molecule has 160 valence electrons. The van der Waals surface area contributed by atoms with Crippen LogP contribution in [0, 0.1) is 0 Å². The van der Waals surface area contributed by atoms with Gasteiger partial charge in [0.2, 0.25) is 5.91 Å². The van der Waals surface area contributed by atoms with Crippen molar-refractivity contribution in [1.29, 1.82) is 0 Å². The summed E-state index contributed by atoms with van der Waals surface area (Å²) in [7, 11) is 3.12. The summed E-state index contributed by atoms with van der Waals surface area (Å²) in [6.07, 6.45) is 0.794. The van der Waals surface area contributed by atoms with Gasteiger partial charge in [-0.2, -0.15) is 0 Å². The van der Waals surface area contributed by atoms with Gasteiger partial charge in [-0.1, -0.05) is 17.7 Å². The molecule has 2 aromatic rings. The topological polar surface area (TPSA) is 71.1 Å². The van der Waals surface area contributed by atoms with E-state index < -0.39 is 0 Å². The van der Waals surface area contributed by atoms with Crippen molar-refractivity contribution in [2.24, 2.45) is 0 Å². The van der Waals surface area contributed by atoms with E-state index >= 15 is 0 Å². The molecule has 2 aromatic carbocycles. The molecule has 1 N–H and O–H groups in total. The Morgan fingerprint density at radius 1 is 1.03 bits per heavy atom. The summed E-state index contributed by atoms with van der Waals surface area (Å²) < 4.78 is 10.5. The van der Waals surface area contributed by atoms with Crippen molar-refractivity contribution in [3.8, 4) is 11.5 Å². The summed E-state index contributed by atoms with van der Waals surface area (Å²) in [5.74, 6) is 1.02. The third kappa shape index (κ3) is 5.64. The molecule has 0 unspecified atom stereocenters. The molecule has 0 bridgehead atoms. The molecule has 1 heterocycles. The minimum Gasteiger partial charge on any atom is -0.497 e. The van der Waals surface area contributed by atoms with E-state index in [1.165, 1.54) is 0 Å². The van der Waals surface area contributed by atoms with Gasteiger partial charge in [0.25, 0.3) is 5.91 Å². The highest BCUT2D eigenvalue weighted by Gasteiger charge is 2.22. The number of hydrogen-bond acceptors (Lipinski definition) is 5. The molecule has 0 spiro atoms. The lowest BCUT2D eigenvalue weighted by Crippen LogP contribution is -2.38. The van der Waals surface area contributed by atoms with Gasteiger partial charge in [-0.05, 0) is 36.8 Å². The molecule has 0 atom stereocenters. The van der Waals surface area contributed by atoms with E-state index in [9.17, 15) is 9.59 Å². The van der Waals surface area contributed by atoms with E-state index in [2.05, 4.69) is 5.32 Å². The predicted octanol–water partition coefficient (Wildman–Crippen LogP) is 3.14. The Bertz CT molecular complexity index is 906. The number of ether oxygens (including phenoxy) is 2. The Hall–Kier alpha value is -2.77. The lowest BCUT2D eigenvalue weighted by atomic mass is 10.2. The third-order valence-corrected chi connectivity index (χ3v) is 5.23. The van der Waals surface area contributed by atoms with Gasteiger partial charge in [0.15, 0.2) is 0 Å². The zero-order valence-electron chi connectivity index (χ0n) is 17.2. The number of hydrogen-bond donors (Lipinski definition) is 1. The summed E-state index contributed by atoms with van der Waals surface area (Å²) in [5, 5.41) is 3.43. The van der Waals surface area contributed by atoms with E-state index in [1.807, 2.05) is 9.80 Å². The standard InChI is InChI=1S/C22H26ClN3O4/c1-29-18-7-8-20(30-2)19(14-18)24-21(27)15-25-9-4-10-26(12-11-25)22(28)16-5-3-6-17(23)13-16/h3,5-8,13-14H,4,9-12,15H2,1-2H3,(H,24,27). The molecule has 2 amide bonds. The van der Waals surface area contributed by atoms with Crippen molar-refractivity contribution in [2.75, 3.05) is 52.3 Å². The Kier molecular flexibility index (Phi) is 7.54. The van der Waals surface area contributed by atoms with Gasteiger partial charge < -0.3 is 19.7 Å². The SMILES string of the molecule is COc1ccc(OC)c(NC(=O)CN2CCCN(C(=O)c3cccc(Cl)c3)CC2)c1. The number of anilines is 1. The fourth-order valence-corrected chi connectivity index (χ4v) is 3.63. The largest absolute Gasteiger partial charge is 0.497 e. The highest BCUT2D eigenvalue weighted by Crippen LogP contribution is 2.28. The van der Waals surface area contributed by atoms with Gasteiger partial charge >= 0.3 is 0 Å². The molecular formula is C22H26ClN3O4.